The Labute approximate surface area is 196 Å². The molecule has 9 heteroatoms. The van der Waals surface area contributed by atoms with Crippen LogP contribution in [-0.4, -0.2) is 71.4 Å². The Morgan fingerprint density at radius 2 is 1.76 bits per heavy atom. The lowest BCUT2D eigenvalue weighted by Crippen LogP contribution is -2.56. The lowest BCUT2D eigenvalue weighted by atomic mass is 9.78. The van der Waals surface area contributed by atoms with Gasteiger partial charge in [-0.05, 0) is 72.5 Å². The van der Waals surface area contributed by atoms with Gasteiger partial charge < -0.3 is 23.8 Å². The molecule has 182 valence electrons. The van der Waals surface area contributed by atoms with Gasteiger partial charge in [0.2, 0.25) is 5.91 Å². The van der Waals surface area contributed by atoms with Crippen molar-refractivity contribution < 1.29 is 28.0 Å². The highest BCUT2D eigenvalue weighted by Crippen LogP contribution is 2.36. The van der Waals surface area contributed by atoms with Crippen molar-refractivity contribution in [1.29, 1.82) is 0 Å². The molecule has 0 aromatic heterocycles. The number of hydrogen-bond acceptors (Lipinski definition) is 5. The van der Waals surface area contributed by atoms with Gasteiger partial charge in [-0.15, -0.1) is 0 Å². The van der Waals surface area contributed by atoms with Gasteiger partial charge in [0.05, 0.1) is 17.6 Å². The zero-order chi connectivity index (χ0) is 24.8. The van der Waals surface area contributed by atoms with E-state index in [4.69, 9.17) is 14.0 Å². The van der Waals surface area contributed by atoms with Crippen molar-refractivity contribution in [1.82, 2.24) is 9.80 Å². The van der Waals surface area contributed by atoms with Gasteiger partial charge in [-0.2, -0.15) is 0 Å². The summed E-state index contributed by atoms with van der Waals surface area (Å²) in [5.41, 5.74) is -0.614. The first-order valence-electron chi connectivity index (χ1n) is 11.5. The van der Waals surface area contributed by atoms with Crippen LogP contribution < -0.4 is 5.46 Å². The van der Waals surface area contributed by atoms with E-state index < -0.39 is 29.7 Å². The van der Waals surface area contributed by atoms with E-state index in [0.29, 0.717) is 30.7 Å². The van der Waals surface area contributed by atoms with E-state index in [-0.39, 0.29) is 24.5 Å². The molecule has 2 fully saturated rings. The summed E-state index contributed by atoms with van der Waals surface area (Å²) in [7, 11) is -0.623. The molecule has 1 unspecified atom stereocenters. The Morgan fingerprint density at radius 1 is 1.15 bits per heavy atom. The second kappa shape index (κ2) is 8.91. The van der Waals surface area contributed by atoms with E-state index in [1.54, 1.807) is 21.9 Å². The maximum absolute atomic E-state index is 14.6. The van der Waals surface area contributed by atoms with Crippen molar-refractivity contribution in [2.24, 2.45) is 0 Å². The zero-order valence-corrected chi connectivity index (χ0v) is 21.0. The van der Waals surface area contributed by atoms with Crippen molar-refractivity contribution in [2.75, 3.05) is 19.6 Å². The van der Waals surface area contributed by atoms with Gasteiger partial charge in [-0.1, -0.05) is 12.1 Å². The summed E-state index contributed by atoms with van der Waals surface area (Å²) < 4.78 is 32.1. The number of hydrogen-bond donors (Lipinski definition) is 0. The monoisotopic (exact) mass is 462 g/mol. The predicted octanol–water partition coefficient (Wildman–Crippen LogP) is 3.14. The molecule has 0 spiro atoms. The highest BCUT2D eigenvalue weighted by atomic mass is 19.1. The second-order valence-electron chi connectivity index (χ2n) is 11.0. The minimum atomic E-state index is -0.623. The molecule has 2 saturated heterocycles. The van der Waals surface area contributed by atoms with Crippen LogP contribution in [0.4, 0.5) is 9.18 Å². The second-order valence-corrected chi connectivity index (χ2v) is 11.0. The predicted molar refractivity (Wildman–Crippen MR) is 125 cm³/mol. The molecule has 0 saturated carbocycles. The summed E-state index contributed by atoms with van der Waals surface area (Å²) >= 11 is 0. The molecule has 33 heavy (non-hydrogen) atoms. The topological polar surface area (TPSA) is 68.3 Å². The molecule has 0 radical (unpaired) electrons. The number of amides is 2. The van der Waals surface area contributed by atoms with Crippen LogP contribution in [0, 0.1) is 5.82 Å². The van der Waals surface area contributed by atoms with Crippen LogP contribution in [0.3, 0.4) is 0 Å². The fraction of sp³-hybridized carbons (Fsp3) is 0.667. The van der Waals surface area contributed by atoms with Gasteiger partial charge >= 0.3 is 13.2 Å². The van der Waals surface area contributed by atoms with Crippen LogP contribution >= 0.6 is 0 Å². The molecular weight excluding hydrogens is 426 g/mol. The van der Waals surface area contributed by atoms with Crippen molar-refractivity contribution in [3.8, 4) is 0 Å². The van der Waals surface area contributed by atoms with Crippen LogP contribution in [-0.2, 0) is 25.3 Å². The molecule has 0 N–H and O–H groups in total. The molecule has 7 nitrogen and oxygen atoms in total. The van der Waals surface area contributed by atoms with E-state index >= 15 is 0 Å². The lowest BCUT2D eigenvalue weighted by molar-refractivity contribution is -0.133. The van der Waals surface area contributed by atoms with Gasteiger partial charge in [-0.3, -0.25) is 4.79 Å². The Bertz CT molecular complexity index is 899. The third-order valence-electron chi connectivity index (χ3n) is 6.55. The summed E-state index contributed by atoms with van der Waals surface area (Å²) in [6.07, 6.45) is -0.457. The summed E-state index contributed by atoms with van der Waals surface area (Å²) in [6, 6.07) is 4.44. The number of carbonyl (C=O) groups is 2. The molecule has 1 atom stereocenters. The fourth-order valence-corrected chi connectivity index (χ4v) is 3.91. The Kier molecular flexibility index (Phi) is 6.88. The Hall–Kier alpha value is -2.13. The maximum Gasteiger partial charge on any atom is 0.494 e. The molecule has 2 heterocycles. The lowest BCUT2D eigenvalue weighted by Gasteiger charge is -2.40. The number of nitrogens with zero attached hydrogens (tertiary/aromatic N) is 2. The first-order chi connectivity index (χ1) is 15.1. The normalized spacial score (nSPS) is 22.5. The Morgan fingerprint density at radius 3 is 2.30 bits per heavy atom. The smallest absolute Gasteiger partial charge is 0.444 e. The van der Waals surface area contributed by atoms with E-state index in [0.717, 1.165) is 0 Å². The first kappa shape index (κ1) is 25.5. The van der Waals surface area contributed by atoms with E-state index in [9.17, 15) is 14.0 Å². The van der Waals surface area contributed by atoms with Gasteiger partial charge in [-0.25, -0.2) is 9.18 Å². The average molecular weight is 462 g/mol. The number of benzene rings is 1. The van der Waals surface area contributed by atoms with E-state index in [1.165, 1.54) is 6.07 Å². The van der Waals surface area contributed by atoms with E-state index in [1.807, 2.05) is 55.4 Å². The molecule has 2 amide bonds. The number of rotatable bonds is 3. The van der Waals surface area contributed by atoms with Crippen molar-refractivity contribution in [3.05, 3.63) is 29.6 Å². The standard InChI is InChI=1S/C24H36BFN2O5/c1-16-15-27(11-12-28(16)21(30)31-22(2,3)4)20(29)14-17-13-18(9-10-19(17)26)25-32-23(5,6)24(7,8)33-25/h9-10,13,16H,11-12,14-15H2,1-8H3. The minimum absolute atomic E-state index is 0.0711. The minimum Gasteiger partial charge on any atom is -0.444 e. The molecule has 0 bridgehead atoms. The number of halogens is 1. The number of carbonyl (C=O) groups excluding carboxylic acids is 2. The third-order valence-corrected chi connectivity index (χ3v) is 6.55. The Balaban J connectivity index is 1.65. The van der Waals surface area contributed by atoms with Crippen molar-refractivity contribution in [2.45, 2.75) is 84.7 Å². The number of piperazine rings is 1. The molecule has 1 aromatic carbocycles. The summed E-state index contributed by atoms with van der Waals surface area (Å²) in [6.45, 7) is 16.3. The first-order valence-corrected chi connectivity index (χ1v) is 11.5. The van der Waals surface area contributed by atoms with Crippen molar-refractivity contribution in [3.63, 3.8) is 0 Å². The third kappa shape index (κ3) is 5.69. The highest BCUT2D eigenvalue weighted by molar-refractivity contribution is 6.62. The van der Waals surface area contributed by atoms with Gasteiger partial charge in [0, 0.05) is 25.7 Å². The average Bonchev–Trinajstić information content (AvgIpc) is 2.89. The van der Waals surface area contributed by atoms with Crippen LogP contribution in [0.25, 0.3) is 0 Å². The summed E-state index contributed by atoms with van der Waals surface area (Å²) in [4.78, 5) is 28.7. The molecule has 3 rings (SSSR count). The van der Waals surface area contributed by atoms with Crippen LogP contribution in [0.5, 0.6) is 0 Å². The molecular formula is C24H36BFN2O5. The van der Waals surface area contributed by atoms with Crippen LogP contribution in [0.2, 0.25) is 0 Å². The highest BCUT2D eigenvalue weighted by Gasteiger charge is 2.51. The molecule has 0 aliphatic carbocycles. The molecule has 1 aromatic rings. The molecule has 2 aliphatic heterocycles. The fourth-order valence-electron chi connectivity index (χ4n) is 3.91. The number of ether oxygens (including phenoxy) is 1. The summed E-state index contributed by atoms with van der Waals surface area (Å²) in [5, 5.41) is 0. The largest absolute Gasteiger partial charge is 0.494 e. The molecule has 2 aliphatic rings. The van der Waals surface area contributed by atoms with Crippen LogP contribution in [0.1, 0.15) is 61.0 Å². The van der Waals surface area contributed by atoms with Gasteiger partial charge in [0.25, 0.3) is 0 Å². The maximum atomic E-state index is 14.6. The van der Waals surface area contributed by atoms with Gasteiger partial charge in [0.1, 0.15) is 11.4 Å². The SMILES string of the molecule is CC1CN(C(=O)Cc2cc(B3OC(C)(C)C(C)(C)O3)ccc2F)CCN1C(=O)OC(C)(C)C. The van der Waals surface area contributed by atoms with Crippen LogP contribution in [0.15, 0.2) is 18.2 Å². The summed E-state index contributed by atoms with van der Waals surface area (Å²) in [5.74, 6) is -0.625. The van der Waals surface area contributed by atoms with Gasteiger partial charge in [0.15, 0.2) is 0 Å². The van der Waals surface area contributed by atoms with Crippen molar-refractivity contribution >= 4 is 24.6 Å². The van der Waals surface area contributed by atoms with E-state index in [2.05, 4.69) is 0 Å². The zero-order valence-electron chi connectivity index (χ0n) is 21.0. The quantitative estimate of drug-likeness (QED) is 0.646.